The zero-order chi connectivity index (χ0) is 13.9. The van der Waals surface area contributed by atoms with Gasteiger partial charge in [-0.2, -0.15) is 0 Å². The highest BCUT2D eigenvalue weighted by Crippen LogP contribution is 2.24. The summed E-state index contributed by atoms with van der Waals surface area (Å²) in [6.07, 6.45) is 4.59. The minimum atomic E-state index is -0.188. The Morgan fingerprint density at radius 1 is 1.25 bits per heavy atom. The smallest absolute Gasteiger partial charge is 0.255 e. The molecule has 0 saturated heterocycles. The number of nitrogens with one attached hydrogen (secondary N) is 1. The molecule has 1 heterocycles. The van der Waals surface area contributed by atoms with Crippen LogP contribution in [-0.4, -0.2) is 17.4 Å². The second-order valence-electron chi connectivity index (χ2n) is 4.80. The number of carbonyl (C=O) groups is 1. The zero-order valence-electron chi connectivity index (χ0n) is 11.0. The van der Waals surface area contributed by atoms with Crippen LogP contribution in [0.1, 0.15) is 21.5 Å². The molecule has 1 aromatic heterocycles. The van der Waals surface area contributed by atoms with Crippen LogP contribution in [0.25, 0.3) is 6.08 Å². The molecule has 100 valence electrons. The summed E-state index contributed by atoms with van der Waals surface area (Å²) in [6.45, 7) is 0.530. The summed E-state index contributed by atoms with van der Waals surface area (Å²) < 4.78 is 0. The summed E-state index contributed by atoms with van der Waals surface area (Å²) in [5, 5.41) is 2.89. The fraction of sp³-hybridized carbons (Fsp3) is 0.125. The van der Waals surface area contributed by atoms with Crippen molar-refractivity contribution in [1.29, 1.82) is 0 Å². The summed E-state index contributed by atoms with van der Waals surface area (Å²) in [6, 6.07) is 11.6. The lowest BCUT2D eigenvalue weighted by molar-refractivity contribution is 0.0957. The third-order valence-electron chi connectivity index (χ3n) is 3.39. The van der Waals surface area contributed by atoms with Crippen LogP contribution in [0.3, 0.4) is 0 Å². The normalized spacial score (nSPS) is 12.7. The van der Waals surface area contributed by atoms with Gasteiger partial charge in [-0.15, -0.1) is 0 Å². The number of carbonyl (C=O) groups excluding carboxylic acids is 1. The minimum Gasteiger partial charge on any atom is -0.383 e. The van der Waals surface area contributed by atoms with Gasteiger partial charge >= 0.3 is 0 Å². The molecule has 0 bridgehead atoms. The van der Waals surface area contributed by atoms with Gasteiger partial charge in [0.2, 0.25) is 0 Å². The minimum absolute atomic E-state index is 0.188. The van der Waals surface area contributed by atoms with Gasteiger partial charge in [-0.05, 0) is 35.3 Å². The topological polar surface area (TPSA) is 68.0 Å². The van der Waals surface area contributed by atoms with Crippen molar-refractivity contribution in [3.05, 3.63) is 64.9 Å². The number of aromatic nitrogens is 1. The van der Waals surface area contributed by atoms with E-state index in [1.165, 1.54) is 16.7 Å². The van der Waals surface area contributed by atoms with Gasteiger partial charge in [0.1, 0.15) is 5.82 Å². The summed E-state index contributed by atoms with van der Waals surface area (Å²) in [4.78, 5) is 16.0. The molecule has 2 aromatic rings. The van der Waals surface area contributed by atoms with Crippen LogP contribution in [0.15, 0.2) is 48.2 Å². The van der Waals surface area contributed by atoms with Crippen molar-refractivity contribution in [2.24, 2.45) is 0 Å². The lowest BCUT2D eigenvalue weighted by Gasteiger charge is -2.07. The van der Waals surface area contributed by atoms with Gasteiger partial charge in [-0.25, -0.2) is 4.98 Å². The van der Waals surface area contributed by atoms with E-state index in [1.807, 2.05) is 12.1 Å². The second kappa shape index (κ2) is 5.17. The fourth-order valence-corrected chi connectivity index (χ4v) is 2.36. The molecule has 0 radical (unpaired) electrons. The van der Waals surface area contributed by atoms with E-state index in [0.717, 1.165) is 6.42 Å². The number of nitrogen functional groups attached to an aromatic ring is 1. The Balaban J connectivity index is 1.65. The molecule has 0 spiro atoms. The van der Waals surface area contributed by atoms with Crippen LogP contribution in [0.5, 0.6) is 0 Å². The van der Waals surface area contributed by atoms with E-state index in [9.17, 15) is 4.79 Å². The molecule has 4 nitrogen and oxygen atoms in total. The lowest BCUT2D eigenvalue weighted by atomic mass is 10.1. The molecule has 1 amide bonds. The largest absolute Gasteiger partial charge is 0.383 e. The zero-order valence-corrected chi connectivity index (χ0v) is 11.0. The standard InChI is InChI=1S/C16H15N3O/c17-15-14(6-3-7-18-15)16(20)19-10-11-8-12-4-1-2-5-13(12)9-11/h1-8H,9-10H2,(H2,17,18)(H,19,20). The number of hydrogen-bond donors (Lipinski definition) is 2. The number of pyridine rings is 1. The van der Waals surface area contributed by atoms with Crippen LogP contribution < -0.4 is 11.1 Å². The number of rotatable bonds is 3. The average molecular weight is 265 g/mol. The van der Waals surface area contributed by atoms with Crippen molar-refractivity contribution in [1.82, 2.24) is 10.3 Å². The van der Waals surface area contributed by atoms with E-state index in [-0.39, 0.29) is 11.7 Å². The molecule has 0 saturated carbocycles. The summed E-state index contributed by atoms with van der Waals surface area (Å²) in [7, 11) is 0. The number of amides is 1. The monoisotopic (exact) mass is 265 g/mol. The summed E-state index contributed by atoms with van der Waals surface area (Å²) in [5.74, 6) is 0.0705. The first-order valence-electron chi connectivity index (χ1n) is 6.50. The van der Waals surface area contributed by atoms with Gasteiger partial charge in [0.15, 0.2) is 0 Å². The molecule has 20 heavy (non-hydrogen) atoms. The number of benzene rings is 1. The van der Waals surface area contributed by atoms with Gasteiger partial charge in [0, 0.05) is 12.7 Å². The predicted octanol–water partition coefficient (Wildman–Crippen LogP) is 2.03. The lowest BCUT2D eigenvalue weighted by Crippen LogP contribution is -2.26. The average Bonchev–Trinajstić information content (AvgIpc) is 2.88. The van der Waals surface area contributed by atoms with Crippen molar-refractivity contribution in [3.63, 3.8) is 0 Å². The summed E-state index contributed by atoms with van der Waals surface area (Å²) >= 11 is 0. The second-order valence-corrected chi connectivity index (χ2v) is 4.80. The maximum absolute atomic E-state index is 12.0. The van der Waals surface area contributed by atoms with Gasteiger partial charge in [0.05, 0.1) is 5.56 Å². The molecule has 1 aliphatic carbocycles. The van der Waals surface area contributed by atoms with E-state index >= 15 is 0 Å². The van der Waals surface area contributed by atoms with Crippen LogP contribution >= 0.6 is 0 Å². The number of anilines is 1. The molecule has 0 unspecified atom stereocenters. The molecular weight excluding hydrogens is 250 g/mol. The molecule has 1 aliphatic rings. The molecule has 0 aliphatic heterocycles. The number of nitrogens with two attached hydrogens (primary N) is 1. The van der Waals surface area contributed by atoms with Crippen molar-refractivity contribution in [2.75, 3.05) is 12.3 Å². The highest BCUT2D eigenvalue weighted by atomic mass is 16.1. The Morgan fingerprint density at radius 3 is 2.90 bits per heavy atom. The molecule has 0 atom stereocenters. The van der Waals surface area contributed by atoms with Crippen LogP contribution in [0.4, 0.5) is 5.82 Å². The van der Waals surface area contributed by atoms with E-state index in [0.29, 0.717) is 12.1 Å². The van der Waals surface area contributed by atoms with Crippen molar-refractivity contribution >= 4 is 17.8 Å². The Kier molecular flexibility index (Phi) is 3.21. The van der Waals surface area contributed by atoms with Gasteiger partial charge < -0.3 is 11.1 Å². The molecule has 4 heteroatoms. The van der Waals surface area contributed by atoms with Crippen molar-refractivity contribution in [3.8, 4) is 0 Å². The number of fused-ring (bicyclic) bond motifs is 1. The van der Waals surface area contributed by atoms with Crippen LogP contribution in [-0.2, 0) is 6.42 Å². The highest BCUT2D eigenvalue weighted by Gasteiger charge is 2.14. The van der Waals surface area contributed by atoms with Crippen molar-refractivity contribution < 1.29 is 4.79 Å². The first-order valence-corrected chi connectivity index (χ1v) is 6.50. The Morgan fingerprint density at radius 2 is 2.10 bits per heavy atom. The maximum Gasteiger partial charge on any atom is 0.255 e. The maximum atomic E-state index is 12.0. The predicted molar refractivity (Wildman–Crippen MR) is 79.1 cm³/mol. The van der Waals surface area contributed by atoms with E-state index in [1.54, 1.807) is 18.3 Å². The molecule has 1 aromatic carbocycles. The van der Waals surface area contributed by atoms with Gasteiger partial charge in [-0.1, -0.05) is 30.3 Å². The number of hydrogen-bond acceptors (Lipinski definition) is 3. The Bertz CT molecular complexity index is 692. The highest BCUT2D eigenvalue weighted by molar-refractivity contribution is 5.98. The fourth-order valence-electron chi connectivity index (χ4n) is 2.36. The Hall–Kier alpha value is -2.62. The number of nitrogens with zero attached hydrogens (tertiary/aromatic N) is 1. The summed E-state index contributed by atoms with van der Waals surface area (Å²) in [5.41, 5.74) is 9.84. The van der Waals surface area contributed by atoms with Gasteiger partial charge in [0.25, 0.3) is 5.91 Å². The quantitative estimate of drug-likeness (QED) is 0.892. The van der Waals surface area contributed by atoms with E-state index in [2.05, 4.69) is 28.5 Å². The third-order valence-corrected chi connectivity index (χ3v) is 3.39. The molecular formula is C16H15N3O. The molecule has 3 rings (SSSR count). The van der Waals surface area contributed by atoms with E-state index in [4.69, 9.17) is 5.73 Å². The molecule has 3 N–H and O–H groups in total. The molecule has 0 fully saturated rings. The third kappa shape index (κ3) is 2.40. The van der Waals surface area contributed by atoms with Crippen LogP contribution in [0, 0.1) is 0 Å². The van der Waals surface area contributed by atoms with Gasteiger partial charge in [-0.3, -0.25) is 4.79 Å². The SMILES string of the molecule is Nc1ncccc1C(=O)NCC1=Cc2ccccc2C1. The van der Waals surface area contributed by atoms with Crippen molar-refractivity contribution in [2.45, 2.75) is 6.42 Å². The first-order chi connectivity index (χ1) is 9.74. The Labute approximate surface area is 117 Å². The van der Waals surface area contributed by atoms with Crippen LogP contribution in [0.2, 0.25) is 0 Å². The van der Waals surface area contributed by atoms with E-state index < -0.39 is 0 Å². The first kappa shape index (κ1) is 12.4.